The summed E-state index contributed by atoms with van der Waals surface area (Å²) in [4.78, 5) is 11.3. The van der Waals surface area contributed by atoms with Crippen molar-refractivity contribution >= 4 is 5.91 Å². The third-order valence-electron chi connectivity index (χ3n) is 2.05. The van der Waals surface area contributed by atoms with Crippen LogP contribution >= 0.6 is 0 Å². The zero-order valence-corrected chi connectivity index (χ0v) is 8.99. The molecule has 14 heavy (non-hydrogen) atoms. The van der Waals surface area contributed by atoms with Crippen LogP contribution in [-0.2, 0) is 9.53 Å². The number of hydrogen-bond donors (Lipinski definition) is 3. The molecule has 5 nitrogen and oxygen atoms in total. The number of nitrogens with one attached hydrogen (secondary N) is 1. The van der Waals surface area contributed by atoms with Crippen molar-refractivity contribution in [3.05, 3.63) is 0 Å². The Kier molecular flexibility index (Phi) is 6.44. The first-order valence-corrected chi connectivity index (χ1v) is 4.71. The molecule has 0 aromatic heterocycles. The quantitative estimate of drug-likeness (QED) is 0.523. The molecule has 0 aromatic carbocycles. The highest BCUT2D eigenvalue weighted by Gasteiger charge is 2.17. The molecule has 0 aliphatic rings. The molecule has 0 saturated carbocycles. The molecule has 2 atom stereocenters. The Labute approximate surface area is 84.6 Å². The van der Waals surface area contributed by atoms with E-state index in [-0.39, 0.29) is 24.9 Å². The van der Waals surface area contributed by atoms with Crippen molar-refractivity contribution < 1.29 is 14.6 Å². The van der Waals surface area contributed by atoms with Crippen LogP contribution < -0.4 is 11.1 Å². The highest BCUT2D eigenvalue weighted by molar-refractivity contribution is 5.80. The van der Waals surface area contributed by atoms with Gasteiger partial charge in [-0.1, -0.05) is 13.8 Å². The van der Waals surface area contributed by atoms with Gasteiger partial charge < -0.3 is 20.9 Å². The smallest absolute Gasteiger partial charge is 0.250 e. The first-order chi connectivity index (χ1) is 6.52. The lowest BCUT2D eigenvalue weighted by atomic mass is 10.1. The fourth-order valence-electron chi connectivity index (χ4n) is 0.865. The molecule has 0 bridgehead atoms. The molecule has 0 fully saturated rings. The molecule has 1 amide bonds. The number of methoxy groups -OCH3 is 1. The number of ether oxygens (including phenoxy) is 1. The minimum atomic E-state index is -0.630. The summed E-state index contributed by atoms with van der Waals surface area (Å²) in [7, 11) is 1.43. The Morgan fingerprint density at radius 1 is 1.57 bits per heavy atom. The largest absolute Gasteiger partial charge is 0.391 e. The highest BCUT2D eigenvalue weighted by Crippen LogP contribution is 1.99. The van der Waals surface area contributed by atoms with E-state index < -0.39 is 12.2 Å². The molecule has 0 aliphatic heterocycles. The monoisotopic (exact) mass is 204 g/mol. The van der Waals surface area contributed by atoms with Gasteiger partial charge in [-0.05, 0) is 5.92 Å². The second-order valence-corrected chi connectivity index (χ2v) is 3.52. The molecule has 0 heterocycles. The van der Waals surface area contributed by atoms with Crippen LogP contribution in [0.15, 0.2) is 0 Å². The Morgan fingerprint density at radius 3 is 2.50 bits per heavy atom. The number of amides is 1. The third kappa shape index (κ3) is 4.55. The van der Waals surface area contributed by atoms with Crippen molar-refractivity contribution in [3.8, 4) is 0 Å². The van der Waals surface area contributed by atoms with Crippen molar-refractivity contribution in [1.82, 2.24) is 5.32 Å². The molecule has 2 unspecified atom stereocenters. The van der Waals surface area contributed by atoms with E-state index in [2.05, 4.69) is 5.32 Å². The van der Waals surface area contributed by atoms with Crippen molar-refractivity contribution in [1.29, 1.82) is 0 Å². The van der Waals surface area contributed by atoms with Crippen molar-refractivity contribution in [2.45, 2.75) is 26.1 Å². The number of carbonyl (C=O) groups excluding carboxylic acids is 1. The summed E-state index contributed by atoms with van der Waals surface area (Å²) < 4.78 is 4.84. The van der Waals surface area contributed by atoms with Crippen LogP contribution in [0.25, 0.3) is 0 Å². The molecule has 84 valence electrons. The van der Waals surface area contributed by atoms with Crippen LogP contribution in [0.5, 0.6) is 0 Å². The molecular weight excluding hydrogens is 184 g/mol. The van der Waals surface area contributed by atoms with E-state index >= 15 is 0 Å². The number of nitrogens with two attached hydrogens (primary N) is 1. The minimum Gasteiger partial charge on any atom is -0.391 e. The highest BCUT2D eigenvalue weighted by atomic mass is 16.5. The summed E-state index contributed by atoms with van der Waals surface area (Å²) in [5.41, 5.74) is 5.30. The maximum Gasteiger partial charge on any atom is 0.250 e. The van der Waals surface area contributed by atoms with Crippen molar-refractivity contribution in [3.63, 3.8) is 0 Å². The van der Waals surface area contributed by atoms with Gasteiger partial charge in [-0.2, -0.15) is 0 Å². The fraction of sp³-hybridized carbons (Fsp3) is 0.889. The SMILES string of the molecule is COC(CN)C(=O)NCC(O)C(C)C. The molecule has 0 radical (unpaired) electrons. The first-order valence-electron chi connectivity index (χ1n) is 4.71. The lowest BCUT2D eigenvalue weighted by Crippen LogP contribution is -2.44. The topological polar surface area (TPSA) is 84.6 Å². The summed E-state index contributed by atoms with van der Waals surface area (Å²) >= 11 is 0. The maximum atomic E-state index is 11.3. The fourth-order valence-corrected chi connectivity index (χ4v) is 0.865. The van der Waals surface area contributed by atoms with E-state index in [0.717, 1.165) is 0 Å². The predicted octanol–water partition coefficient (Wildman–Crippen LogP) is -0.907. The molecule has 4 N–H and O–H groups in total. The van der Waals surface area contributed by atoms with Crippen LogP contribution in [-0.4, -0.2) is 43.4 Å². The summed E-state index contributed by atoms with van der Waals surface area (Å²) in [6.07, 6.45) is -1.16. The number of carbonyl (C=O) groups is 1. The molecule has 0 aliphatic carbocycles. The normalized spacial score (nSPS) is 15.3. The summed E-state index contributed by atoms with van der Waals surface area (Å²) in [5, 5.41) is 12.0. The summed E-state index contributed by atoms with van der Waals surface area (Å²) in [6.45, 7) is 4.14. The average Bonchev–Trinajstić information content (AvgIpc) is 2.15. The van der Waals surface area contributed by atoms with Gasteiger partial charge in [0, 0.05) is 20.2 Å². The second-order valence-electron chi connectivity index (χ2n) is 3.52. The van der Waals surface area contributed by atoms with Gasteiger partial charge in [0.15, 0.2) is 0 Å². The van der Waals surface area contributed by atoms with Gasteiger partial charge in [0.1, 0.15) is 6.10 Å². The minimum absolute atomic E-state index is 0.120. The van der Waals surface area contributed by atoms with Crippen LogP contribution in [0.1, 0.15) is 13.8 Å². The third-order valence-corrected chi connectivity index (χ3v) is 2.05. The Hall–Kier alpha value is -0.650. The van der Waals surface area contributed by atoms with E-state index in [9.17, 15) is 9.90 Å². The van der Waals surface area contributed by atoms with Crippen LogP contribution in [0.2, 0.25) is 0 Å². The Bertz CT molecular complexity index is 169. The van der Waals surface area contributed by atoms with E-state index in [0.29, 0.717) is 0 Å². The second kappa shape index (κ2) is 6.75. The number of aliphatic hydroxyl groups is 1. The maximum absolute atomic E-state index is 11.3. The summed E-state index contributed by atoms with van der Waals surface area (Å²) in [5.74, 6) is -0.163. The van der Waals surface area contributed by atoms with E-state index in [1.807, 2.05) is 13.8 Å². The van der Waals surface area contributed by atoms with Gasteiger partial charge in [-0.15, -0.1) is 0 Å². The zero-order chi connectivity index (χ0) is 11.1. The van der Waals surface area contributed by atoms with Crippen LogP contribution in [0.3, 0.4) is 0 Å². The van der Waals surface area contributed by atoms with Gasteiger partial charge in [0.2, 0.25) is 0 Å². The number of aliphatic hydroxyl groups excluding tert-OH is 1. The summed E-state index contributed by atoms with van der Waals surface area (Å²) in [6, 6.07) is 0. The van der Waals surface area contributed by atoms with Gasteiger partial charge in [0.05, 0.1) is 6.10 Å². The van der Waals surface area contributed by atoms with Crippen LogP contribution in [0.4, 0.5) is 0 Å². The Balaban J connectivity index is 3.83. The molecule has 0 saturated heterocycles. The average molecular weight is 204 g/mol. The molecule has 0 aromatic rings. The van der Waals surface area contributed by atoms with Gasteiger partial charge in [-0.3, -0.25) is 4.79 Å². The van der Waals surface area contributed by atoms with E-state index in [4.69, 9.17) is 10.5 Å². The van der Waals surface area contributed by atoms with Crippen molar-refractivity contribution in [2.24, 2.45) is 11.7 Å². The molecular formula is C9H20N2O3. The number of hydrogen-bond acceptors (Lipinski definition) is 4. The van der Waals surface area contributed by atoms with Gasteiger partial charge in [-0.25, -0.2) is 0 Å². The van der Waals surface area contributed by atoms with Crippen molar-refractivity contribution in [2.75, 3.05) is 20.2 Å². The lowest BCUT2D eigenvalue weighted by Gasteiger charge is -2.17. The van der Waals surface area contributed by atoms with E-state index in [1.165, 1.54) is 7.11 Å². The molecule has 0 spiro atoms. The standard InChI is InChI=1S/C9H20N2O3/c1-6(2)7(12)5-11-9(13)8(4-10)14-3/h6-8,12H,4-5,10H2,1-3H3,(H,11,13). The Morgan fingerprint density at radius 2 is 2.14 bits per heavy atom. The van der Waals surface area contributed by atoms with Crippen LogP contribution in [0, 0.1) is 5.92 Å². The molecule has 0 rings (SSSR count). The zero-order valence-electron chi connectivity index (χ0n) is 8.99. The first kappa shape index (κ1) is 13.4. The molecule has 5 heteroatoms. The van der Waals surface area contributed by atoms with Gasteiger partial charge in [0.25, 0.3) is 5.91 Å². The predicted molar refractivity (Wildman–Crippen MR) is 53.7 cm³/mol. The number of rotatable bonds is 6. The van der Waals surface area contributed by atoms with E-state index in [1.54, 1.807) is 0 Å². The lowest BCUT2D eigenvalue weighted by molar-refractivity contribution is -0.131. The van der Waals surface area contributed by atoms with Gasteiger partial charge >= 0.3 is 0 Å².